The fourth-order valence-corrected chi connectivity index (χ4v) is 9.31. The molecular weight excluding hydrogens is 1170 g/mol. The fraction of sp³-hybridized carbons (Fsp3) is 0.0847. The summed E-state index contributed by atoms with van der Waals surface area (Å²) < 4.78 is 16.0. The molecule has 0 spiro atoms. The van der Waals surface area contributed by atoms with Crippen molar-refractivity contribution >= 4 is 63.7 Å². The lowest BCUT2D eigenvalue weighted by Crippen LogP contribution is -2.00. The zero-order valence-corrected chi connectivity index (χ0v) is 46.0. The molecule has 0 amide bonds. The predicted molar refractivity (Wildman–Crippen MR) is 305 cm³/mol. The van der Waals surface area contributed by atoms with Crippen molar-refractivity contribution in [1.82, 2.24) is 43.6 Å². The molecule has 0 N–H and O–H groups in total. The van der Waals surface area contributed by atoms with Gasteiger partial charge >= 0.3 is 0 Å². The summed E-state index contributed by atoms with van der Waals surface area (Å²) in [6, 6.07) is 55.2. The van der Waals surface area contributed by atoms with Crippen LogP contribution >= 0.6 is 63.7 Å². The zero-order valence-electron chi connectivity index (χ0n) is 39.6. The molecule has 73 heavy (non-hydrogen) atoms. The van der Waals surface area contributed by atoms with E-state index in [-0.39, 0.29) is 0 Å². The number of benzene rings is 6. The third kappa shape index (κ3) is 12.8. The third-order valence-corrected chi connectivity index (χ3v) is 13.9. The van der Waals surface area contributed by atoms with Crippen LogP contribution in [0.25, 0.3) is 68.3 Å². The molecule has 0 saturated heterocycles. The van der Waals surface area contributed by atoms with Crippen LogP contribution in [0.15, 0.2) is 219 Å². The number of nitrogens with zero attached hydrogens (tertiary/aromatic N) is 9. The van der Waals surface area contributed by atoms with Crippen molar-refractivity contribution in [1.29, 1.82) is 0 Å². The van der Waals surface area contributed by atoms with Crippen LogP contribution in [0, 0.1) is 6.92 Å². The number of hydrogen-bond donors (Lipinski definition) is 0. The van der Waals surface area contributed by atoms with E-state index in [9.17, 15) is 0 Å². The molecule has 10 nitrogen and oxygen atoms in total. The molecular formula is C59H45Br4N9O. The Morgan fingerprint density at radius 1 is 0.370 bits per heavy atom. The second-order valence-corrected chi connectivity index (χ2v) is 21.0. The van der Waals surface area contributed by atoms with E-state index < -0.39 is 0 Å². The first kappa shape index (κ1) is 49.5. The molecule has 0 aromatic heterocycles. The second-order valence-electron chi connectivity index (χ2n) is 17.3. The van der Waals surface area contributed by atoms with E-state index in [0.29, 0.717) is 0 Å². The minimum atomic E-state index is 0.718. The van der Waals surface area contributed by atoms with Crippen molar-refractivity contribution in [2.75, 3.05) is 7.11 Å². The van der Waals surface area contributed by atoms with Gasteiger partial charge in [0.25, 0.3) is 0 Å². The molecule has 12 rings (SSSR count). The molecule has 0 atom stereocenters. The number of aryl methyl sites for hydroxylation is 1. The van der Waals surface area contributed by atoms with E-state index in [1.54, 1.807) is 7.11 Å². The Labute approximate surface area is 457 Å². The number of rotatable bonds is 10. The Balaban J connectivity index is 0.000000126. The number of pyridine rings is 3. The molecule has 6 aliphatic heterocycles. The molecule has 6 heterocycles. The number of ether oxygens (including phenoxy) is 1. The molecule has 14 heteroatoms. The van der Waals surface area contributed by atoms with E-state index in [1.165, 1.54) is 22.3 Å². The summed E-state index contributed by atoms with van der Waals surface area (Å²) in [6.07, 6.45) is 12.3. The highest BCUT2D eigenvalue weighted by Crippen LogP contribution is 2.30. The fourth-order valence-electron chi connectivity index (χ4n) is 8.11. The number of aromatic nitrogens is 9. The summed E-state index contributed by atoms with van der Waals surface area (Å²) in [4.78, 5) is 28.0. The summed E-state index contributed by atoms with van der Waals surface area (Å²) in [5.41, 5.74) is 13.4. The first-order valence-electron chi connectivity index (χ1n) is 23.3. The number of imidazole rings is 3. The minimum Gasteiger partial charge on any atom is -0.497 e. The second kappa shape index (κ2) is 22.8. The maximum atomic E-state index is 5.28. The van der Waals surface area contributed by atoms with Crippen molar-refractivity contribution in [2.24, 2.45) is 0 Å². The van der Waals surface area contributed by atoms with Crippen LogP contribution in [0.5, 0.6) is 5.75 Å². The zero-order chi connectivity index (χ0) is 50.3. The quantitative estimate of drug-likeness (QED) is 0.134. The smallest absolute Gasteiger partial charge is 0.160 e. The van der Waals surface area contributed by atoms with Gasteiger partial charge in [0.2, 0.25) is 0 Å². The molecule has 6 aliphatic rings. The van der Waals surface area contributed by atoms with Gasteiger partial charge in [-0.3, -0.25) is 0 Å². The van der Waals surface area contributed by atoms with Gasteiger partial charge in [-0.25, -0.2) is 29.9 Å². The van der Waals surface area contributed by atoms with Gasteiger partial charge in [0.05, 0.1) is 24.2 Å². The summed E-state index contributed by atoms with van der Waals surface area (Å²) in [5, 5.41) is 0. The van der Waals surface area contributed by atoms with Crippen molar-refractivity contribution in [3.05, 3.63) is 241 Å². The van der Waals surface area contributed by atoms with Gasteiger partial charge in [-0.15, -0.1) is 0 Å². The van der Waals surface area contributed by atoms with Crippen LogP contribution in [0.1, 0.15) is 22.3 Å². The third-order valence-electron chi connectivity index (χ3n) is 11.8. The Morgan fingerprint density at radius 2 is 0.726 bits per heavy atom. The lowest BCUT2D eigenvalue weighted by atomic mass is 10.1. The van der Waals surface area contributed by atoms with Crippen LogP contribution in [-0.2, 0) is 19.6 Å². The van der Waals surface area contributed by atoms with Crippen LogP contribution in [0.3, 0.4) is 0 Å². The number of hydrogen-bond acceptors (Lipinski definition) is 7. The lowest BCUT2D eigenvalue weighted by molar-refractivity contribution is 0.415. The number of fused-ring (bicyclic) bond motifs is 3. The Bertz CT molecular complexity index is 3500. The van der Waals surface area contributed by atoms with Gasteiger partial charge < -0.3 is 18.4 Å². The molecule has 0 unspecified atom stereocenters. The van der Waals surface area contributed by atoms with Crippen LogP contribution in [0.4, 0.5) is 0 Å². The SMILES string of the molecule is Brc1ccc(Cn2ccc3nc(-c4cccc(Br)c4)nc-3c2)cc1.COc1cccc(-c2nc3ccn(Cc4ccc(Br)cc4)cc-3n2)c1.Cc1cccc(-c2nc3ccn(Cc4ccc(Br)cc4)cc-3n2)c1. The summed E-state index contributed by atoms with van der Waals surface area (Å²) in [7, 11) is 1.66. The average molecular weight is 1220 g/mol. The standard InChI is InChI=1S/C20H16BrN3O.C20H16BrN3.C19H13Br2N3/c1-25-17-4-2-3-15(11-17)20-22-18-9-10-24(13-19(18)23-20)12-14-5-7-16(21)8-6-14;1-14-3-2-4-16(11-14)20-22-18-9-10-24(13-19(18)23-20)12-15-5-7-17(21)8-6-15;20-15-6-4-13(5-7-15)11-24-9-8-17-18(12-24)23-19(22-17)14-2-1-3-16(21)10-14/h2-11,13H,12H2,1H3;2-11,13H,12H2,1H3;1-10,12H,11H2. The highest BCUT2D eigenvalue weighted by molar-refractivity contribution is 9.11. The van der Waals surface area contributed by atoms with Crippen molar-refractivity contribution in [3.63, 3.8) is 0 Å². The maximum Gasteiger partial charge on any atom is 0.160 e. The van der Waals surface area contributed by atoms with Gasteiger partial charge in [-0.05, 0) is 109 Å². The van der Waals surface area contributed by atoms with Crippen molar-refractivity contribution in [2.45, 2.75) is 26.6 Å². The first-order chi connectivity index (χ1) is 35.5. The normalized spacial score (nSPS) is 11.0. The molecule has 0 saturated carbocycles. The maximum absolute atomic E-state index is 5.28. The van der Waals surface area contributed by atoms with E-state index in [2.05, 4.69) is 213 Å². The average Bonchev–Trinajstić information content (AvgIpc) is 4.16. The molecule has 6 aromatic carbocycles. The monoisotopic (exact) mass is 1210 g/mol. The van der Waals surface area contributed by atoms with Gasteiger partial charge in [0.1, 0.15) is 22.8 Å². The lowest BCUT2D eigenvalue weighted by Gasteiger charge is -2.08. The Kier molecular flexibility index (Phi) is 15.4. The van der Waals surface area contributed by atoms with E-state index in [1.807, 2.05) is 97.6 Å². The molecule has 0 fully saturated rings. The highest BCUT2D eigenvalue weighted by Gasteiger charge is 2.16. The highest BCUT2D eigenvalue weighted by atomic mass is 79.9. The topological polar surface area (TPSA) is 101 Å². The Morgan fingerprint density at radius 3 is 1.11 bits per heavy atom. The predicted octanol–water partition coefficient (Wildman–Crippen LogP) is 15.7. The van der Waals surface area contributed by atoms with Crippen LogP contribution in [-0.4, -0.2) is 50.7 Å². The van der Waals surface area contributed by atoms with Gasteiger partial charge in [0.15, 0.2) is 17.5 Å². The summed E-state index contributed by atoms with van der Waals surface area (Å²) in [5.74, 6) is 3.06. The molecule has 0 radical (unpaired) electrons. The van der Waals surface area contributed by atoms with Crippen molar-refractivity contribution in [3.8, 4) is 74.1 Å². The van der Waals surface area contributed by atoms with E-state index in [4.69, 9.17) is 9.72 Å². The summed E-state index contributed by atoms with van der Waals surface area (Å²) in [6.45, 7) is 4.50. The largest absolute Gasteiger partial charge is 0.497 e. The van der Waals surface area contributed by atoms with Gasteiger partial charge in [-0.2, -0.15) is 0 Å². The van der Waals surface area contributed by atoms with Gasteiger partial charge in [-0.1, -0.05) is 148 Å². The van der Waals surface area contributed by atoms with E-state index >= 15 is 0 Å². The van der Waals surface area contributed by atoms with E-state index in [0.717, 1.165) is 112 Å². The van der Waals surface area contributed by atoms with Gasteiger partial charge in [0, 0.05) is 91.4 Å². The van der Waals surface area contributed by atoms with Crippen LogP contribution in [0.2, 0.25) is 0 Å². The number of halogens is 4. The molecule has 6 aromatic rings. The molecule has 0 bridgehead atoms. The number of methoxy groups -OCH3 is 1. The first-order valence-corrected chi connectivity index (χ1v) is 26.4. The van der Waals surface area contributed by atoms with Crippen molar-refractivity contribution < 1.29 is 4.74 Å². The minimum absolute atomic E-state index is 0.718. The summed E-state index contributed by atoms with van der Waals surface area (Å²) >= 11 is 13.9. The van der Waals surface area contributed by atoms with Crippen LogP contribution < -0.4 is 4.74 Å². The molecule has 360 valence electrons. The molecule has 0 aliphatic carbocycles. The Hall–Kier alpha value is -7.10.